The van der Waals surface area contributed by atoms with Gasteiger partial charge in [-0.15, -0.1) is 0 Å². The summed E-state index contributed by atoms with van der Waals surface area (Å²) in [6.45, 7) is 0.439. The second kappa shape index (κ2) is 9.07. The molecule has 2 aromatic carbocycles. The predicted molar refractivity (Wildman–Crippen MR) is 107 cm³/mol. The van der Waals surface area contributed by atoms with Crippen LogP contribution in [-0.2, 0) is 11.3 Å². The van der Waals surface area contributed by atoms with E-state index in [2.05, 4.69) is 15.6 Å². The molecule has 0 unspecified atom stereocenters. The Morgan fingerprint density at radius 3 is 2.57 bits per heavy atom. The van der Waals surface area contributed by atoms with Crippen LogP contribution >= 0.6 is 11.6 Å². The number of pyridine rings is 1. The second-order valence-corrected chi connectivity index (χ2v) is 6.40. The first-order valence-corrected chi connectivity index (χ1v) is 8.84. The van der Waals surface area contributed by atoms with Gasteiger partial charge in [-0.2, -0.15) is 0 Å². The Bertz CT molecular complexity index is 968. The smallest absolute Gasteiger partial charge is 0.271 e. The van der Waals surface area contributed by atoms with Gasteiger partial charge in [0.15, 0.2) is 0 Å². The van der Waals surface area contributed by atoms with E-state index in [0.29, 0.717) is 12.2 Å². The van der Waals surface area contributed by atoms with E-state index in [4.69, 9.17) is 11.6 Å². The molecule has 0 radical (unpaired) electrons. The minimum atomic E-state index is -0.646. The number of nitro benzene ring substituents is 1. The molecule has 1 aromatic heterocycles. The Morgan fingerprint density at radius 2 is 1.93 bits per heavy atom. The fourth-order valence-electron chi connectivity index (χ4n) is 2.65. The third-order valence-electron chi connectivity index (χ3n) is 4.05. The predicted octanol–water partition coefficient (Wildman–Crippen LogP) is 4.11. The van der Waals surface area contributed by atoms with Gasteiger partial charge in [0.2, 0.25) is 5.91 Å². The fraction of sp³-hybridized carbons (Fsp3) is 0.100. The first-order valence-electron chi connectivity index (χ1n) is 8.46. The monoisotopic (exact) mass is 396 g/mol. The largest absolute Gasteiger partial charge is 0.323 e. The molecule has 0 spiro atoms. The van der Waals surface area contributed by atoms with Crippen molar-refractivity contribution in [1.29, 1.82) is 0 Å². The van der Waals surface area contributed by atoms with Gasteiger partial charge in [-0.1, -0.05) is 48.0 Å². The second-order valence-electron chi connectivity index (χ2n) is 6.00. The van der Waals surface area contributed by atoms with E-state index in [9.17, 15) is 14.9 Å². The maximum absolute atomic E-state index is 12.9. The SMILES string of the molecule is O=C(Nc1ccc([N+](=O)[O-])cc1Cl)[C@H](NCc1cccnc1)c1ccccc1. The van der Waals surface area contributed by atoms with Crippen molar-refractivity contribution in [2.75, 3.05) is 5.32 Å². The molecule has 1 heterocycles. The fourth-order valence-corrected chi connectivity index (χ4v) is 2.88. The summed E-state index contributed by atoms with van der Waals surface area (Å²) in [4.78, 5) is 27.3. The van der Waals surface area contributed by atoms with Gasteiger partial charge in [-0.3, -0.25) is 25.2 Å². The molecule has 1 amide bonds. The van der Waals surface area contributed by atoms with Crippen LogP contribution in [0.25, 0.3) is 0 Å². The molecule has 28 heavy (non-hydrogen) atoms. The molecule has 0 saturated carbocycles. The van der Waals surface area contributed by atoms with Crippen molar-refractivity contribution >= 4 is 28.9 Å². The van der Waals surface area contributed by atoms with Crippen LogP contribution in [0.3, 0.4) is 0 Å². The van der Waals surface area contributed by atoms with E-state index in [-0.39, 0.29) is 16.6 Å². The van der Waals surface area contributed by atoms with Gasteiger partial charge in [0.25, 0.3) is 5.69 Å². The number of nitrogens with one attached hydrogen (secondary N) is 2. The molecule has 7 nitrogen and oxygen atoms in total. The summed E-state index contributed by atoms with van der Waals surface area (Å²) >= 11 is 6.09. The third-order valence-corrected chi connectivity index (χ3v) is 4.36. The molecule has 8 heteroatoms. The number of rotatable bonds is 7. The highest BCUT2D eigenvalue weighted by Crippen LogP contribution is 2.27. The molecule has 3 rings (SSSR count). The van der Waals surface area contributed by atoms with Crippen molar-refractivity contribution < 1.29 is 9.72 Å². The van der Waals surface area contributed by atoms with E-state index in [0.717, 1.165) is 11.1 Å². The molecule has 0 aliphatic heterocycles. The lowest BCUT2D eigenvalue weighted by Gasteiger charge is -2.19. The number of anilines is 1. The summed E-state index contributed by atoms with van der Waals surface area (Å²) in [5.41, 5.74) is 1.88. The Balaban J connectivity index is 1.79. The van der Waals surface area contributed by atoms with Gasteiger partial charge < -0.3 is 5.32 Å². The zero-order valence-corrected chi connectivity index (χ0v) is 15.5. The van der Waals surface area contributed by atoms with Crippen molar-refractivity contribution in [3.8, 4) is 0 Å². The molecular formula is C20H17ClN4O3. The minimum absolute atomic E-state index is 0.0987. The zero-order chi connectivity index (χ0) is 19.9. The summed E-state index contributed by atoms with van der Waals surface area (Å²) in [5, 5.41) is 16.9. The Labute approximate surface area is 166 Å². The normalized spacial score (nSPS) is 11.6. The number of amides is 1. The standard InChI is InChI=1S/C20H17ClN4O3/c21-17-11-16(25(27)28)8-9-18(17)24-20(26)19(15-6-2-1-3-7-15)23-13-14-5-4-10-22-12-14/h1-12,19,23H,13H2,(H,24,26)/t19-/m1/s1. The van der Waals surface area contributed by atoms with E-state index in [1.165, 1.54) is 18.2 Å². The maximum Gasteiger partial charge on any atom is 0.271 e. The van der Waals surface area contributed by atoms with Crippen LogP contribution in [0.5, 0.6) is 0 Å². The molecule has 3 aromatic rings. The van der Waals surface area contributed by atoms with Gasteiger partial charge in [0.1, 0.15) is 6.04 Å². The van der Waals surface area contributed by atoms with E-state index >= 15 is 0 Å². The number of carbonyl (C=O) groups excluding carboxylic acids is 1. The van der Waals surface area contributed by atoms with Crippen LogP contribution in [0, 0.1) is 10.1 Å². The van der Waals surface area contributed by atoms with Crippen LogP contribution < -0.4 is 10.6 Å². The molecule has 2 N–H and O–H groups in total. The lowest BCUT2D eigenvalue weighted by Crippen LogP contribution is -2.32. The molecule has 142 valence electrons. The Hall–Kier alpha value is -3.29. The van der Waals surface area contributed by atoms with E-state index in [1.54, 1.807) is 12.4 Å². The summed E-state index contributed by atoms with van der Waals surface area (Å²) in [6.07, 6.45) is 3.40. The van der Waals surface area contributed by atoms with Crippen LogP contribution in [0.1, 0.15) is 17.2 Å². The van der Waals surface area contributed by atoms with Gasteiger partial charge in [-0.25, -0.2) is 0 Å². The van der Waals surface area contributed by atoms with Crippen molar-refractivity contribution in [3.63, 3.8) is 0 Å². The van der Waals surface area contributed by atoms with Gasteiger partial charge in [-0.05, 0) is 23.3 Å². The highest BCUT2D eigenvalue weighted by Gasteiger charge is 2.21. The number of hydrogen-bond acceptors (Lipinski definition) is 5. The molecular weight excluding hydrogens is 380 g/mol. The minimum Gasteiger partial charge on any atom is -0.323 e. The number of aromatic nitrogens is 1. The number of nitro groups is 1. The van der Waals surface area contributed by atoms with Crippen LogP contribution in [0.15, 0.2) is 73.1 Å². The quantitative estimate of drug-likeness (QED) is 0.462. The number of hydrogen-bond donors (Lipinski definition) is 2. The molecule has 0 saturated heterocycles. The number of non-ortho nitro benzene ring substituents is 1. The molecule has 0 aliphatic carbocycles. The van der Waals surface area contributed by atoms with Crippen molar-refractivity contribution in [3.05, 3.63) is 99.3 Å². The first kappa shape index (κ1) is 19.5. The number of benzene rings is 2. The Morgan fingerprint density at radius 1 is 1.14 bits per heavy atom. The third kappa shape index (κ3) is 4.91. The van der Waals surface area contributed by atoms with E-state index in [1.807, 2.05) is 42.5 Å². The highest BCUT2D eigenvalue weighted by atomic mass is 35.5. The van der Waals surface area contributed by atoms with E-state index < -0.39 is 11.0 Å². The first-order chi connectivity index (χ1) is 13.5. The summed E-state index contributed by atoms with van der Waals surface area (Å²) in [6, 6.07) is 16.3. The molecule has 1 atom stereocenters. The topological polar surface area (TPSA) is 97.2 Å². The average molecular weight is 397 g/mol. The maximum atomic E-state index is 12.9. The molecule has 0 aliphatic rings. The molecule has 0 bridgehead atoms. The molecule has 0 fully saturated rings. The summed E-state index contributed by atoms with van der Waals surface area (Å²) in [7, 11) is 0. The number of carbonyl (C=O) groups is 1. The van der Waals surface area contributed by atoms with Gasteiger partial charge in [0, 0.05) is 31.1 Å². The Kier molecular flexibility index (Phi) is 6.31. The summed E-state index contributed by atoms with van der Waals surface area (Å²) in [5.74, 6) is -0.328. The summed E-state index contributed by atoms with van der Waals surface area (Å²) < 4.78 is 0. The van der Waals surface area contributed by atoms with Gasteiger partial charge in [0.05, 0.1) is 15.6 Å². The van der Waals surface area contributed by atoms with Gasteiger partial charge >= 0.3 is 0 Å². The number of halogens is 1. The zero-order valence-electron chi connectivity index (χ0n) is 14.7. The highest BCUT2D eigenvalue weighted by molar-refractivity contribution is 6.34. The van der Waals surface area contributed by atoms with Crippen molar-refractivity contribution in [1.82, 2.24) is 10.3 Å². The lowest BCUT2D eigenvalue weighted by atomic mass is 10.1. The lowest BCUT2D eigenvalue weighted by molar-refractivity contribution is -0.384. The van der Waals surface area contributed by atoms with Crippen LogP contribution in [0.2, 0.25) is 5.02 Å². The average Bonchev–Trinajstić information content (AvgIpc) is 2.71. The number of nitrogens with zero attached hydrogens (tertiary/aromatic N) is 2. The van der Waals surface area contributed by atoms with Crippen LogP contribution in [-0.4, -0.2) is 15.8 Å². The van der Waals surface area contributed by atoms with Crippen molar-refractivity contribution in [2.45, 2.75) is 12.6 Å². The van der Waals surface area contributed by atoms with Crippen molar-refractivity contribution in [2.24, 2.45) is 0 Å². The van der Waals surface area contributed by atoms with Crippen LogP contribution in [0.4, 0.5) is 11.4 Å².